The van der Waals surface area contributed by atoms with Crippen molar-refractivity contribution in [3.63, 3.8) is 0 Å². The highest BCUT2D eigenvalue weighted by atomic mass is 14.1. The van der Waals surface area contributed by atoms with Gasteiger partial charge in [-0.2, -0.15) is 0 Å². The lowest BCUT2D eigenvalue weighted by Gasteiger charge is -2.17. The SMILES string of the molecule is CC1=CC=C(CC(C)c2ccccc2)CC1. The molecule has 0 nitrogen and oxygen atoms in total. The molecule has 0 saturated heterocycles. The van der Waals surface area contributed by atoms with Crippen molar-refractivity contribution in [1.29, 1.82) is 0 Å². The maximum atomic E-state index is 2.32. The third-order valence-electron chi connectivity index (χ3n) is 3.38. The molecule has 1 aromatic rings. The Morgan fingerprint density at radius 1 is 1.06 bits per heavy atom. The van der Waals surface area contributed by atoms with Gasteiger partial charge in [0.25, 0.3) is 0 Å². The van der Waals surface area contributed by atoms with Crippen molar-refractivity contribution in [2.45, 2.75) is 39.0 Å². The van der Waals surface area contributed by atoms with Crippen molar-refractivity contribution in [3.8, 4) is 0 Å². The first-order valence-electron chi connectivity index (χ1n) is 6.16. The van der Waals surface area contributed by atoms with E-state index >= 15 is 0 Å². The second-order valence-corrected chi connectivity index (χ2v) is 4.85. The van der Waals surface area contributed by atoms with Gasteiger partial charge in [0.2, 0.25) is 0 Å². The van der Waals surface area contributed by atoms with E-state index in [0.717, 1.165) is 0 Å². The molecule has 84 valence electrons. The highest BCUT2D eigenvalue weighted by Gasteiger charge is 2.09. The Morgan fingerprint density at radius 2 is 1.81 bits per heavy atom. The molecule has 1 aliphatic carbocycles. The molecule has 0 heteroatoms. The van der Waals surface area contributed by atoms with Crippen molar-refractivity contribution in [2.75, 3.05) is 0 Å². The molecule has 0 aromatic heterocycles. The number of hydrogen-bond donors (Lipinski definition) is 0. The maximum absolute atomic E-state index is 2.32. The van der Waals surface area contributed by atoms with E-state index in [4.69, 9.17) is 0 Å². The average Bonchev–Trinajstić information content (AvgIpc) is 2.33. The number of allylic oxidation sites excluding steroid dienone is 4. The summed E-state index contributed by atoms with van der Waals surface area (Å²) in [6.07, 6.45) is 8.29. The molecule has 0 saturated carbocycles. The van der Waals surface area contributed by atoms with E-state index in [-0.39, 0.29) is 0 Å². The van der Waals surface area contributed by atoms with E-state index in [9.17, 15) is 0 Å². The Hall–Kier alpha value is -1.30. The molecular weight excluding hydrogens is 192 g/mol. The van der Waals surface area contributed by atoms with Crippen LogP contribution in [0.5, 0.6) is 0 Å². The first kappa shape index (κ1) is 11.2. The predicted octanol–water partition coefficient (Wildman–Crippen LogP) is 4.85. The van der Waals surface area contributed by atoms with Crippen LogP contribution in [0.25, 0.3) is 0 Å². The summed E-state index contributed by atoms with van der Waals surface area (Å²) in [4.78, 5) is 0. The first-order chi connectivity index (χ1) is 7.75. The minimum atomic E-state index is 0.638. The van der Waals surface area contributed by atoms with Gasteiger partial charge >= 0.3 is 0 Å². The van der Waals surface area contributed by atoms with Crippen LogP contribution in [0, 0.1) is 0 Å². The Kier molecular flexibility index (Phi) is 3.61. The fourth-order valence-electron chi connectivity index (χ4n) is 2.25. The van der Waals surface area contributed by atoms with Crippen LogP contribution in [0.15, 0.2) is 53.6 Å². The van der Waals surface area contributed by atoms with Crippen LogP contribution in [0.3, 0.4) is 0 Å². The van der Waals surface area contributed by atoms with Gasteiger partial charge in [-0.25, -0.2) is 0 Å². The van der Waals surface area contributed by atoms with Crippen molar-refractivity contribution >= 4 is 0 Å². The molecule has 16 heavy (non-hydrogen) atoms. The molecule has 0 radical (unpaired) electrons. The van der Waals surface area contributed by atoms with Crippen LogP contribution in [-0.2, 0) is 0 Å². The summed E-state index contributed by atoms with van der Waals surface area (Å²) in [5.41, 5.74) is 4.56. The van der Waals surface area contributed by atoms with Gasteiger partial charge in [-0.05, 0) is 37.7 Å². The molecule has 1 aromatic carbocycles. The molecular formula is C16H20. The molecule has 2 rings (SSSR count). The van der Waals surface area contributed by atoms with Crippen LogP contribution in [-0.4, -0.2) is 0 Å². The summed E-state index contributed by atoms with van der Waals surface area (Å²) in [5.74, 6) is 0.638. The van der Waals surface area contributed by atoms with E-state index in [0.29, 0.717) is 5.92 Å². The molecule has 0 fully saturated rings. The van der Waals surface area contributed by atoms with Crippen molar-refractivity contribution in [2.24, 2.45) is 0 Å². The molecule has 1 unspecified atom stereocenters. The van der Waals surface area contributed by atoms with Gasteiger partial charge in [-0.3, -0.25) is 0 Å². The summed E-state index contributed by atoms with van der Waals surface area (Å²) in [7, 11) is 0. The number of rotatable bonds is 3. The highest BCUT2D eigenvalue weighted by Crippen LogP contribution is 2.28. The van der Waals surface area contributed by atoms with Gasteiger partial charge in [0.1, 0.15) is 0 Å². The predicted molar refractivity (Wildman–Crippen MR) is 70.5 cm³/mol. The third-order valence-corrected chi connectivity index (χ3v) is 3.38. The van der Waals surface area contributed by atoms with Gasteiger partial charge < -0.3 is 0 Å². The molecule has 0 heterocycles. The molecule has 0 aliphatic heterocycles. The Bertz CT molecular complexity index is 395. The van der Waals surface area contributed by atoms with E-state index in [1.165, 1.54) is 30.4 Å². The fourth-order valence-corrected chi connectivity index (χ4v) is 2.25. The highest BCUT2D eigenvalue weighted by molar-refractivity contribution is 5.26. The van der Waals surface area contributed by atoms with Gasteiger partial charge in [-0.1, -0.05) is 60.6 Å². The average molecular weight is 212 g/mol. The largest absolute Gasteiger partial charge is 0.0730 e. The Balaban J connectivity index is 2.01. The minimum Gasteiger partial charge on any atom is -0.0730 e. The molecule has 1 aliphatic rings. The van der Waals surface area contributed by atoms with Crippen LogP contribution in [0.2, 0.25) is 0 Å². The zero-order valence-electron chi connectivity index (χ0n) is 10.2. The van der Waals surface area contributed by atoms with E-state index in [2.05, 4.69) is 56.3 Å². The van der Waals surface area contributed by atoms with Crippen molar-refractivity contribution < 1.29 is 0 Å². The Labute approximate surface area is 98.7 Å². The monoisotopic (exact) mass is 212 g/mol. The summed E-state index contributed by atoms with van der Waals surface area (Å²) in [6.45, 7) is 4.54. The standard InChI is InChI=1S/C16H20/c1-13-8-10-15(11-9-13)12-14(2)16-6-4-3-5-7-16/h3-8,10,14H,9,11-12H2,1-2H3. The van der Waals surface area contributed by atoms with Gasteiger partial charge in [0.15, 0.2) is 0 Å². The maximum Gasteiger partial charge on any atom is -0.0153 e. The van der Waals surface area contributed by atoms with Crippen LogP contribution < -0.4 is 0 Å². The number of hydrogen-bond acceptors (Lipinski definition) is 0. The topological polar surface area (TPSA) is 0 Å². The lowest BCUT2D eigenvalue weighted by atomic mass is 9.89. The van der Waals surface area contributed by atoms with E-state index in [1.807, 2.05) is 0 Å². The van der Waals surface area contributed by atoms with Gasteiger partial charge in [0, 0.05) is 0 Å². The molecule has 0 amide bonds. The smallest absolute Gasteiger partial charge is 0.0153 e. The molecule has 0 N–H and O–H groups in total. The number of benzene rings is 1. The molecule has 0 spiro atoms. The third kappa shape index (κ3) is 2.85. The second kappa shape index (κ2) is 5.16. The van der Waals surface area contributed by atoms with Crippen LogP contribution in [0.1, 0.15) is 44.6 Å². The summed E-state index contributed by atoms with van der Waals surface area (Å²) < 4.78 is 0. The van der Waals surface area contributed by atoms with Gasteiger partial charge in [-0.15, -0.1) is 0 Å². The summed E-state index contributed by atoms with van der Waals surface area (Å²) in [5, 5.41) is 0. The molecule has 1 atom stereocenters. The zero-order valence-corrected chi connectivity index (χ0v) is 10.2. The van der Waals surface area contributed by atoms with Crippen molar-refractivity contribution in [1.82, 2.24) is 0 Å². The minimum absolute atomic E-state index is 0.638. The Morgan fingerprint density at radius 3 is 2.44 bits per heavy atom. The summed E-state index contributed by atoms with van der Waals surface area (Å²) in [6, 6.07) is 10.8. The first-order valence-corrected chi connectivity index (χ1v) is 6.16. The second-order valence-electron chi connectivity index (χ2n) is 4.85. The quantitative estimate of drug-likeness (QED) is 0.672. The van der Waals surface area contributed by atoms with Gasteiger partial charge in [0.05, 0.1) is 0 Å². The molecule has 0 bridgehead atoms. The van der Waals surface area contributed by atoms with Crippen LogP contribution >= 0.6 is 0 Å². The zero-order chi connectivity index (χ0) is 11.4. The fraction of sp³-hybridized carbons (Fsp3) is 0.375. The summed E-state index contributed by atoms with van der Waals surface area (Å²) >= 11 is 0. The van der Waals surface area contributed by atoms with E-state index < -0.39 is 0 Å². The lowest BCUT2D eigenvalue weighted by Crippen LogP contribution is -1.98. The van der Waals surface area contributed by atoms with E-state index in [1.54, 1.807) is 5.57 Å². The normalized spacial score (nSPS) is 17.6. The van der Waals surface area contributed by atoms with Crippen molar-refractivity contribution in [3.05, 3.63) is 59.2 Å². The van der Waals surface area contributed by atoms with Crippen LogP contribution in [0.4, 0.5) is 0 Å². The lowest BCUT2D eigenvalue weighted by molar-refractivity contribution is 0.711.